The van der Waals surface area contributed by atoms with Crippen molar-refractivity contribution in [3.8, 4) is 6.07 Å². The van der Waals surface area contributed by atoms with Gasteiger partial charge >= 0.3 is 0 Å². The first-order valence-corrected chi connectivity index (χ1v) is 8.21. The highest BCUT2D eigenvalue weighted by molar-refractivity contribution is 6.28. The van der Waals surface area contributed by atoms with E-state index in [-0.39, 0.29) is 11.6 Å². The summed E-state index contributed by atoms with van der Waals surface area (Å²) >= 11 is 0. The van der Waals surface area contributed by atoms with E-state index in [1.807, 2.05) is 18.2 Å². The summed E-state index contributed by atoms with van der Waals surface area (Å²) in [6.45, 7) is 1.96. The van der Waals surface area contributed by atoms with Gasteiger partial charge in [-0.05, 0) is 55.7 Å². The summed E-state index contributed by atoms with van der Waals surface area (Å²) in [5.41, 5.74) is 3.02. The van der Waals surface area contributed by atoms with Crippen LogP contribution in [0, 0.1) is 11.3 Å². The van der Waals surface area contributed by atoms with E-state index in [4.69, 9.17) is 5.26 Å². The predicted octanol–water partition coefficient (Wildman–Crippen LogP) is 3.32. The van der Waals surface area contributed by atoms with E-state index in [2.05, 4.69) is 4.90 Å². The molecule has 0 atom stereocenters. The molecule has 4 heteroatoms. The van der Waals surface area contributed by atoms with Gasteiger partial charge < -0.3 is 4.90 Å². The van der Waals surface area contributed by atoms with Crippen molar-refractivity contribution < 1.29 is 9.59 Å². The first kappa shape index (κ1) is 14.6. The molecule has 118 valence electrons. The van der Waals surface area contributed by atoms with Crippen LogP contribution in [0.5, 0.6) is 0 Å². The molecule has 2 aromatic carbocycles. The standard InChI is InChI=1S/C20H16N2O2/c21-12-13-4-6-15-17(10-13)20(24)18-11-14(5-7-16(18)19(15)23)22-8-2-1-3-9-22/h4-7,10-11H,1-3,8-9H2. The monoisotopic (exact) mass is 316 g/mol. The van der Waals surface area contributed by atoms with Crippen LogP contribution in [0.3, 0.4) is 0 Å². The van der Waals surface area contributed by atoms with Crippen LogP contribution in [0.1, 0.15) is 56.7 Å². The van der Waals surface area contributed by atoms with Crippen LogP contribution in [-0.2, 0) is 0 Å². The van der Waals surface area contributed by atoms with Crippen molar-refractivity contribution in [1.82, 2.24) is 0 Å². The first-order chi connectivity index (χ1) is 11.7. The van der Waals surface area contributed by atoms with Gasteiger partial charge in [-0.3, -0.25) is 9.59 Å². The zero-order chi connectivity index (χ0) is 16.7. The molecule has 0 unspecified atom stereocenters. The van der Waals surface area contributed by atoms with Gasteiger partial charge in [0, 0.05) is 41.0 Å². The molecule has 0 N–H and O–H groups in total. The average Bonchev–Trinajstić information content (AvgIpc) is 2.66. The summed E-state index contributed by atoms with van der Waals surface area (Å²) in [6.07, 6.45) is 3.54. The number of carbonyl (C=O) groups excluding carboxylic acids is 2. The van der Waals surface area contributed by atoms with E-state index in [9.17, 15) is 9.59 Å². The van der Waals surface area contributed by atoms with Crippen molar-refractivity contribution >= 4 is 17.3 Å². The summed E-state index contributed by atoms with van der Waals surface area (Å²) in [7, 11) is 0. The third-order valence-electron chi connectivity index (χ3n) is 4.85. The molecule has 0 spiro atoms. The Bertz CT molecular complexity index is 902. The molecule has 2 aliphatic rings. The SMILES string of the molecule is N#Cc1ccc2c(c1)C(=O)c1cc(N3CCCCC3)ccc1C2=O. The molecule has 1 heterocycles. The van der Waals surface area contributed by atoms with Gasteiger partial charge in [0.1, 0.15) is 0 Å². The van der Waals surface area contributed by atoms with E-state index < -0.39 is 0 Å². The van der Waals surface area contributed by atoms with Gasteiger partial charge in [0.05, 0.1) is 11.6 Å². The average molecular weight is 316 g/mol. The number of benzene rings is 2. The van der Waals surface area contributed by atoms with E-state index in [0.29, 0.717) is 27.8 Å². The summed E-state index contributed by atoms with van der Waals surface area (Å²) in [4.78, 5) is 27.8. The number of nitrogens with zero attached hydrogens (tertiary/aromatic N) is 2. The molecule has 24 heavy (non-hydrogen) atoms. The molecule has 0 radical (unpaired) electrons. The topological polar surface area (TPSA) is 61.2 Å². The fourth-order valence-electron chi connectivity index (χ4n) is 3.56. The number of hydrogen-bond acceptors (Lipinski definition) is 4. The van der Waals surface area contributed by atoms with Crippen molar-refractivity contribution in [3.05, 3.63) is 64.2 Å². The fraction of sp³-hybridized carbons (Fsp3) is 0.250. The zero-order valence-corrected chi connectivity index (χ0v) is 13.2. The first-order valence-electron chi connectivity index (χ1n) is 8.21. The molecule has 0 bridgehead atoms. The van der Waals surface area contributed by atoms with Gasteiger partial charge in [0.2, 0.25) is 0 Å². The lowest BCUT2D eigenvalue weighted by atomic mass is 9.83. The van der Waals surface area contributed by atoms with Gasteiger partial charge in [-0.25, -0.2) is 0 Å². The summed E-state index contributed by atoms with van der Waals surface area (Å²) < 4.78 is 0. The second kappa shape index (κ2) is 5.61. The molecule has 4 rings (SSSR count). The molecule has 2 aromatic rings. The number of nitriles is 1. The number of rotatable bonds is 1. The molecule has 0 amide bonds. The number of anilines is 1. The second-order valence-electron chi connectivity index (χ2n) is 6.31. The Kier molecular flexibility index (Phi) is 3.42. The number of carbonyl (C=O) groups is 2. The highest BCUT2D eigenvalue weighted by Gasteiger charge is 2.30. The van der Waals surface area contributed by atoms with E-state index >= 15 is 0 Å². The molecular weight excluding hydrogens is 300 g/mol. The van der Waals surface area contributed by atoms with Crippen LogP contribution < -0.4 is 4.90 Å². The predicted molar refractivity (Wildman–Crippen MR) is 90.5 cm³/mol. The molecule has 4 nitrogen and oxygen atoms in total. The Hall–Kier alpha value is -2.93. The second-order valence-corrected chi connectivity index (χ2v) is 6.31. The maximum Gasteiger partial charge on any atom is 0.194 e. The Balaban J connectivity index is 1.80. The maximum absolute atomic E-state index is 12.9. The van der Waals surface area contributed by atoms with Crippen molar-refractivity contribution in [1.29, 1.82) is 5.26 Å². The van der Waals surface area contributed by atoms with Crippen molar-refractivity contribution in [2.45, 2.75) is 19.3 Å². The molecule has 0 saturated carbocycles. The Morgan fingerprint density at radius 2 is 1.42 bits per heavy atom. The van der Waals surface area contributed by atoms with E-state index in [1.165, 1.54) is 12.5 Å². The fourth-order valence-corrected chi connectivity index (χ4v) is 3.56. The minimum Gasteiger partial charge on any atom is -0.372 e. The van der Waals surface area contributed by atoms with Crippen LogP contribution in [0.25, 0.3) is 0 Å². The van der Waals surface area contributed by atoms with Gasteiger partial charge in [0.25, 0.3) is 0 Å². The lowest BCUT2D eigenvalue weighted by Crippen LogP contribution is -2.30. The molecular formula is C20H16N2O2. The van der Waals surface area contributed by atoms with Crippen molar-refractivity contribution in [2.75, 3.05) is 18.0 Å². The quantitative estimate of drug-likeness (QED) is 0.691. The Morgan fingerprint density at radius 1 is 0.792 bits per heavy atom. The van der Waals surface area contributed by atoms with Gasteiger partial charge in [-0.2, -0.15) is 5.26 Å². The molecule has 1 saturated heterocycles. The van der Waals surface area contributed by atoms with Crippen LogP contribution in [0.4, 0.5) is 5.69 Å². The summed E-state index contributed by atoms with van der Waals surface area (Å²) in [5.74, 6) is -0.315. The number of piperidine rings is 1. The summed E-state index contributed by atoms with van der Waals surface area (Å²) in [6, 6.07) is 12.2. The van der Waals surface area contributed by atoms with E-state index in [1.54, 1.807) is 18.2 Å². The largest absolute Gasteiger partial charge is 0.372 e. The van der Waals surface area contributed by atoms with Crippen LogP contribution in [-0.4, -0.2) is 24.7 Å². The number of hydrogen-bond donors (Lipinski definition) is 0. The normalized spacial score (nSPS) is 16.4. The van der Waals surface area contributed by atoms with Gasteiger partial charge in [-0.1, -0.05) is 0 Å². The van der Waals surface area contributed by atoms with Crippen LogP contribution in [0.2, 0.25) is 0 Å². The van der Waals surface area contributed by atoms with Gasteiger partial charge in [0.15, 0.2) is 11.6 Å². The van der Waals surface area contributed by atoms with Crippen molar-refractivity contribution in [2.24, 2.45) is 0 Å². The lowest BCUT2D eigenvalue weighted by Gasteiger charge is -2.30. The zero-order valence-electron chi connectivity index (χ0n) is 13.2. The number of fused-ring (bicyclic) bond motifs is 2. The molecule has 0 aromatic heterocycles. The van der Waals surface area contributed by atoms with Crippen molar-refractivity contribution in [3.63, 3.8) is 0 Å². The third kappa shape index (κ3) is 2.21. The maximum atomic E-state index is 12.9. The lowest BCUT2D eigenvalue weighted by molar-refractivity contribution is 0.0979. The highest BCUT2D eigenvalue weighted by atomic mass is 16.1. The van der Waals surface area contributed by atoms with E-state index in [0.717, 1.165) is 31.6 Å². The Morgan fingerprint density at radius 3 is 2.12 bits per heavy atom. The van der Waals surface area contributed by atoms with Gasteiger partial charge in [-0.15, -0.1) is 0 Å². The molecule has 1 aliphatic carbocycles. The summed E-state index contributed by atoms with van der Waals surface area (Å²) in [5, 5.41) is 9.05. The Labute approximate surface area is 140 Å². The molecule has 1 aliphatic heterocycles. The number of ketones is 2. The minimum atomic E-state index is -0.171. The highest BCUT2D eigenvalue weighted by Crippen LogP contribution is 2.31. The van der Waals surface area contributed by atoms with Crippen LogP contribution in [0.15, 0.2) is 36.4 Å². The molecule has 1 fully saturated rings. The third-order valence-corrected chi connectivity index (χ3v) is 4.85. The van der Waals surface area contributed by atoms with Crippen LogP contribution >= 0.6 is 0 Å². The smallest absolute Gasteiger partial charge is 0.194 e. The minimum absolute atomic E-state index is 0.144.